The fraction of sp³-hybridized carbons (Fsp3) is 0.733. The number of hydrogen-bond donors (Lipinski definition) is 0. The molecule has 0 N–H and O–H groups in total. The zero-order valence-electron chi connectivity index (χ0n) is 12.4. The number of carbonyl (C=O) groups is 2. The van der Waals surface area contributed by atoms with Crippen molar-refractivity contribution in [1.29, 1.82) is 0 Å². The lowest BCUT2D eigenvalue weighted by Crippen LogP contribution is -2.45. The fourth-order valence-electron chi connectivity index (χ4n) is 2.44. The maximum Gasteiger partial charge on any atom is 0.415 e. The Balaban J connectivity index is 2.24. The van der Waals surface area contributed by atoms with Gasteiger partial charge in [0, 0.05) is 11.8 Å². The highest BCUT2D eigenvalue weighted by molar-refractivity contribution is 6.01. The molecule has 0 radical (unpaired) electrons. The first kappa shape index (κ1) is 14.1. The van der Waals surface area contributed by atoms with Gasteiger partial charge >= 0.3 is 6.09 Å². The van der Waals surface area contributed by atoms with E-state index in [-0.39, 0.29) is 11.7 Å². The molecule has 2 aliphatic rings. The number of carbonyl (C=O) groups excluding carboxylic acids is 2. The van der Waals surface area contributed by atoms with E-state index in [0.717, 1.165) is 18.5 Å². The molecule has 106 valence electrons. The minimum atomic E-state index is -0.543. The largest absolute Gasteiger partial charge is 0.443 e. The SMILES string of the molecule is CC(C)C1C(=O)C=C(C2CC2)N1C(=O)OC(C)(C)C. The van der Waals surface area contributed by atoms with Crippen molar-refractivity contribution >= 4 is 11.9 Å². The Morgan fingerprint density at radius 3 is 2.37 bits per heavy atom. The van der Waals surface area contributed by atoms with Crippen molar-refractivity contribution in [2.75, 3.05) is 0 Å². The van der Waals surface area contributed by atoms with Gasteiger partial charge in [-0.25, -0.2) is 4.79 Å². The molecule has 1 heterocycles. The predicted octanol–water partition coefficient (Wildman–Crippen LogP) is 3.12. The molecule has 0 aromatic heterocycles. The summed E-state index contributed by atoms with van der Waals surface area (Å²) >= 11 is 0. The van der Waals surface area contributed by atoms with Gasteiger partial charge in [0.1, 0.15) is 11.6 Å². The lowest BCUT2D eigenvalue weighted by Gasteiger charge is -2.31. The van der Waals surface area contributed by atoms with Gasteiger partial charge in [-0.2, -0.15) is 0 Å². The minimum Gasteiger partial charge on any atom is -0.443 e. The van der Waals surface area contributed by atoms with Crippen molar-refractivity contribution in [3.63, 3.8) is 0 Å². The van der Waals surface area contributed by atoms with Gasteiger partial charge in [-0.1, -0.05) is 13.8 Å². The summed E-state index contributed by atoms with van der Waals surface area (Å²) in [7, 11) is 0. The summed E-state index contributed by atoms with van der Waals surface area (Å²) in [5, 5.41) is 0. The minimum absolute atomic E-state index is 0.0303. The van der Waals surface area contributed by atoms with Gasteiger partial charge in [-0.15, -0.1) is 0 Å². The molecule has 1 unspecified atom stereocenters. The third-order valence-corrected chi connectivity index (χ3v) is 3.36. The van der Waals surface area contributed by atoms with E-state index >= 15 is 0 Å². The molecule has 0 saturated heterocycles. The number of ether oxygens (including phenoxy) is 1. The van der Waals surface area contributed by atoms with Crippen LogP contribution >= 0.6 is 0 Å². The number of rotatable bonds is 2. The van der Waals surface area contributed by atoms with Crippen molar-refractivity contribution in [3.8, 4) is 0 Å². The van der Waals surface area contributed by atoms with Crippen LogP contribution in [0, 0.1) is 11.8 Å². The Morgan fingerprint density at radius 1 is 1.37 bits per heavy atom. The molecule has 0 aromatic rings. The first-order valence-electron chi connectivity index (χ1n) is 6.98. The molecule has 4 heteroatoms. The highest BCUT2D eigenvalue weighted by atomic mass is 16.6. The van der Waals surface area contributed by atoms with Crippen molar-refractivity contribution in [2.45, 2.75) is 59.1 Å². The van der Waals surface area contributed by atoms with Crippen LogP contribution in [0.3, 0.4) is 0 Å². The van der Waals surface area contributed by atoms with E-state index in [1.54, 1.807) is 11.0 Å². The first-order chi connectivity index (χ1) is 8.70. The van der Waals surface area contributed by atoms with Crippen LogP contribution in [-0.4, -0.2) is 28.4 Å². The number of hydrogen-bond acceptors (Lipinski definition) is 3. The van der Waals surface area contributed by atoms with E-state index in [1.165, 1.54) is 0 Å². The van der Waals surface area contributed by atoms with Crippen LogP contribution in [0.2, 0.25) is 0 Å². The highest BCUT2D eigenvalue weighted by Gasteiger charge is 2.45. The van der Waals surface area contributed by atoms with Gasteiger partial charge in [0.25, 0.3) is 0 Å². The first-order valence-corrected chi connectivity index (χ1v) is 6.98. The molecule has 4 nitrogen and oxygen atoms in total. The van der Waals surface area contributed by atoms with Crippen LogP contribution in [0.1, 0.15) is 47.5 Å². The van der Waals surface area contributed by atoms with Crippen molar-refractivity contribution in [1.82, 2.24) is 4.90 Å². The summed E-state index contributed by atoms with van der Waals surface area (Å²) in [6.07, 6.45) is 3.37. The molecule has 1 amide bonds. The average molecular weight is 265 g/mol. The van der Waals surface area contributed by atoms with E-state index in [2.05, 4.69) is 0 Å². The molecule has 0 aromatic carbocycles. The molecule has 1 aliphatic heterocycles. The summed E-state index contributed by atoms with van der Waals surface area (Å²) in [6.45, 7) is 9.45. The van der Waals surface area contributed by atoms with E-state index in [4.69, 9.17) is 4.74 Å². The summed E-state index contributed by atoms with van der Waals surface area (Å²) in [6, 6.07) is -0.398. The second kappa shape index (κ2) is 4.66. The molecule has 0 spiro atoms. The van der Waals surface area contributed by atoms with Crippen LogP contribution in [0.4, 0.5) is 4.79 Å². The summed E-state index contributed by atoms with van der Waals surface area (Å²) in [5.41, 5.74) is 0.316. The van der Waals surface area contributed by atoms with Crippen LogP contribution in [-0.2, 0) is 9.53 Å². The number of allylic oxidation sites excluding steroid dienone is 1. The zero-order chi connectivity index (χ0) is 14.4. The standard InChI is InChI=1S/C15H23NO3/c1-9(2)13-12(17)8-11(10-6-7-10)16(13)14(18)19-15(3,4)5/h8-10,13H,6-7H2,1-5H3. The molecule has 1 atom stereocenters. The van der Waals surface area contributed by atoms with Crippen molar-refractivity contribution in [3.05, 3.63) is 11.8 Å². The van der Waals surface area contributed by atoms with E-state index in [1.807, 2.05) is 34.6 Å². The van der Waals surface area contributed by atoms with Crippen LogP contribution in [0.5, 0.6) is 0 Å². The predicted molar refractivity (Wildman–Crippen MR) is 72.5 cm³/mol. The smallest absolute Gasteiger partial charge is 0.415 e. The Labute approximate surface area is 114 Å². The third kappa shape index (κ3) is 2.99. The van der Waals surface area contributed by atoms with Crippen LogP contribution in [0.25, 0.3) is 0 Å². The van der Waals surface area contributed by atoms with Gasteiger partial charge in [0.05, 0.1) is 0 Å². The van der Waals surface area contributed by atoms with Crippen molar-refractivity contribution < 1.29 is 14.3 Å². The average Bonchev–Trinajstić information content (AvgIpc) is 2.98. The number of ketones is 1. The Hall–Kier alpha value is -1.32. The lowest BCUT2D eigenvalue weighted by atomic mass is 10.0. The van der Waals surface area contributed by atoms with Gasteiger partial charge in [0.2, 0.25) is 0 Å². The molecule has 1 aliphatic carbocycles. The summed E-state index contributed by atoms with van der Waals surface area (Å²) < 4.78 is 5.45. The second-order valence-electron chi connectivity index (χ2n) is 6.79. The Kier molecular flexibility index (Phi) is 3.45. The van der Waals surface area contributed by atoms with Gasteiger partial charge < -0.3 is 4.74 Å². The normalized spacial score (nSPS) is 23.9. The maximum absolute atomic E-state index is 12.4. The molecular weight excluding hydrogens is 242 g/mol. The van der Waals surface area contributed by atoms with Gasteiger partial charge in [-0.05, 0) is 45.4 Å². The lowest BCUT2D eigenvalue weighted by molar-refractivity contribution is -0.118. The van der Waals surface area contributed by atoms with Gasteiger partial charge in [-0.3, -0.25) is 9.69 Å². The zero-order valence-corrected chi connectivity index (χ0v) is 12.4. The molecule has 1 saturated carbocycles. The monoisotopic (exact) mass is 265 g/mol. The number of nitrogens with zero attached hydrogens (tertiary/aromatic N) is 1. The summed E-state index contributed by atoms with van der Waals surface area (Å²) in [4.78, 5) is 26.1. The molecular formula is C15H23NO3. The van der Waals surface area contributed by atoms with Crippen LogP contribution in [0.15, 0.2) is 11.8 Å². The van der Waals surface area contributed by atoms with Gasteiger partial charge in [0.15, 0.2) is 5.78 Å². The third-order valence-electron chi connectivity index (χ3n) is 3.36. The fourth-order valence-corrected chi connectivity index (χ4v) is 2.44. The van der Waals surface area contributed by atoms with Crippen LogP contribution < -0.4 is 0 Å². The van der Waals surface area contributed by atoms with E-state index < -0.39 is 17.7 Å². The Morgan fingerprint density at radius 2 is 1.95 bits per heavy atom. The topological polar surface area (TPSA) is 46.6 Å². The summed E-state index contributed by atoms with van der Waals surface area (Å²) in [5.74, 6) is 0.482. The molecule has 2 rings (SSSR count). The second-order valence-corrected chi connectivity index (χ2v) is 6.79. The highest BCUT2D eigenvalue weighted by Crippen LogP contribution is 2.43. The molecule has 1 fully saturated rings. The van der Waals surface area contributed by atoms with E-state index in [0.29, 0.717) is 5.92 Å². The van der Waals surface area contributed by atoms with Crippen molar-refractivity contribution in [2.24, 2.45) is 11.8 Å². The number of amides is 1. The molecule has 19 heavy (non-hydrogen) atoms. The Bertz CT molecular complexity index is 427. The van der Waals surface area contributed by atoms with E-state index in [9.17, 15) is 9.59 Å². The molecule has 0 bridgehead atoms. The maximum atomic E-state index is 12.4. The quantitative estimate of drug-likeness (QED) is 0.770.